The SMILES string of the molecule is C#CC(CO[Si](C)(C)C(C)(C)C)OC. The van der Waals surface area contributed by atoms with Gasteiger partial charge in [0, 0.05) is 7.11 Å². The smallest absolute Gasteiger partial charge is 0.192 e. The van der Waals surface area contributed by atoms with Gasteiger partial charge in [0.15, 0.2) is 8.32 Å². The lowest BCUT2D eigenvalue weighted by Gasteiger charge is -2.36. The van der Waals surface area contributed by atoms with Gasteiger partial charge < -0.3 is 9.16 Å². The molecule has 0 spiro atoms. The van der Waals surface area contributed by atoms with Crippen LogP contribution in [0, 0.1) is 12.3 Å². The molecule has 1 unspecified atom stereocenters. The van der Waals surface area contributed by atoms with Gasteiger partial charge in [-0.2, -0.15) is 0 Å². The molecule has 0 aliphatic heterocycles. The zero-order chi connectivity index (χ0) is 11.4. The molecule has 0 radical (unpaired) electrons. The van der Waals surface area contributed by atoms with Gasteiger partial charge in [-0.3, -0.25) is 0 Å². The van der Waals surface area contributed by atoms with Crippen molar-refractivity contribution in [2.75, 3.05) is 13.7 Å². The lowest BCUT2D eigenvalue weighted by molar-refractivity contribution is 0.0924. The molecular weight excluding hydrogens is 192 g/mol. The lowest BCUT2D eigenvalue weighted by Crippen LogP contribution is -2.42. The summed E-state index contributed by atoms with van der Waals surface area (Å²) < 4.78 is 11.0. The van der Waals surface area contributed by atoms with Crippen LogP contribution in [-0.4, -0.2) is 28.1 Å². The van der Waals surface area contributed by atoms with Crippen LogP contribution in [0.4, 0.5) is 0 Å². The van der Waals surface area contributed by atoms with Crippen LogP contribution >= 0.6 is 0 Å². The second kappa shape index (κ2) is 4.97. The van der Waals surface area contributed by atoms with E-state index in [4.69, 9.17) is 15.6 Å². The number of terminal acetylenes is 1. The molecule has 0 amide bonds. The number of ether oxygens (including phenoxy) is 1. The Morgan fingerprint density at radius 1 is 1.36 bits per heavy atom. The first-order valence-corrected chi connectivity index (χ1v) is 7.78. The molecule has 0 bridgehead atoms. The predicted molar refractivity (Wildman–Crippen MR) is 62.8 cm³/mol. The average Bonchev–Trinajstić information content (AvgIpc) is 2.04. The van der Waals surface area contributed by atoms with Gasteiger partial charge in [0.1, 0.15) is 6.10 Å². The van der Waals surface area contributed by atoms with E-state index in [2.05, 4.69) is 39.8 Å². The number of methoxy groups -OCH3 is 1. The summed E-state index contributed by atoms with van der Waals surface area (Å²) in [6.07, 6.45) is 5.06. The van der Waals surface area contributed by atoms with Crippen molar-refractivity contribution < 1.29 is 9.16 Å². The maximum absolute atomic E-state index is 5.91. The zero-order valence-corrected chi connectivity index (χ0v) is 11.2. The summed E-state index contributed by atoms with van der Waals surface area (Å²) in [4.78, 5) is 0. The van der Waals surface area contributed by atoms with Crippen molar-refractivity contribution in [2.45, 2.75) is 45.0 Å². The van der Waals surface area contributed by atoms with E-state index in [0.717, 1.165) is 0 Å². The molecule has 0 N–H and O–H groups in total. The normalized spacial score (nSPS) is 14.9. The summed E-state index contributed by atoms with van der Waals surface area (Å²) in [6.45, 7) is 11.5. The first-order chi connectivity index (χ1) is 6.24. The van der Waals surface area contributed by atoms with E-state index in [-0.39, 0.29) is 11.1 Å². The molecule has 0 fully saturated rings. The highest BCUT2D eigenvalue weighted by atomic mass is 28.4. The van der Waals surface area contributed by atoms with Crippen LogP contribution in [0.2, 0.25) is 18.1 Å². The van der Waals surface area contributed by atoms with Gasteiger partial charge >= 0.3 is 0 Å². The standard InChI is InChI=1S/C11H22O2Si/c1-8-10(12-5)9-13-14(6,7)11(2,3)4/h1,10H,9H2,2-7H3. The fraction of sp³-hybridized carbons (Fsp3) is 0.818. The van der Waals surface area contributed by atoms with Gasteiger partial charge in [-0.25, -0.2) is 0 Å². The summed E-state index contributed by atoms with van der Waals surface area (Å²) in [5.74, 6) is 2.55. The van der Waals surface area contributed by atoms with E-state index in [1.807, 2.05) is 0 Å². The molecule has 2 nitrogen and oxygen atoms in total. The van der Waals surface area contributed by atoms with Gasteiger partial charge in [0.25, 0.3) is 0 Å². The predicted octanol–water partition coefficient (Wildman–Crippen LogP) is 2.66. The summed E-state index contributed by atoms with van der Waals surface area (Å²) in [7, 11) is -0.0651. The highest BCUT2D eigenvalue weighted by molar-refractivity contribution is 6.74. The molecule has 82 valence electrons. The first-order valence-electron chi connectivity index (χ1n) is 4.87. The molecule has 0 rings (SSSR count). The maximum atomic E-state index is 5.91. The quantitative estimate of drug-likeness (QED) is 0.529. The van der Waals surface area contributed by atoms with Crippen LogP contribution in [0.25, 0.3) is 0 Å². The average molecular weight is 214 g/mol. The third-order valence-corrected chi connectivity index (χ3v) is 7.37. The minimum absolute atomic E-state index is 0.218. The van der Waals surface area contributed by atoms with Gasteiger partial charge in [-0.1, -0.05) is 26.7 Å². The van der Waals surface area contributed by atoms with E-state index in [0.29, 0.717) is 6.61 Å². The van der Waals surface area contributed by atoms with E-state index < -0.39 is 8.32 Å². The molecule has 3 heteroatoms. The maximum Gasteiger partial charge on any atom is 0.192 e. The molecule has 14 heavy (non-hydrogen) atoms. The second-order valence-electron chi connectivity index (χ2n) is 4.96. The molecular formula is C11H22O2Si. The van der Waals surface area contributed by atoms with Crippen molar-refractivity contribution in [3.05, 3.63) is 0 Å². The molecule has 0 saturated heterocycles. The van der Waals surface area contributed by atoms with Crippen molar-refractivity contribution >= 4 is 8.32 Å². The Balaban J connectivity index is 4.20. The van der Waals surface area contributed by atoms with E-state index in [9.17, 15) is 0 Å². The first kappa shape index (κ1) is 13.7. The minimum Gasteiger partial charge on any atom is -0.413 e. The summed E-state index contributed by atoms with van der Waals surface area (Å²) in [5, 5.41) is 0.222. The van der Waals surface area contributed by atoms with Gasteiger partial charge in [0.2, 0.25) is 0 Å². The Hall–Kier alpha value is -0.303. The Kier molecular flexibility index (Phi) is 4.86. The Morgan fingerprint density at radius 3 is 2.14 bits per heavy atom. The van der Waals surface area contributed by atoms with Crippen LogP contribution in [-0.2, 0) is 9.16 Å². The second-order valence-corrected chi connectivity index (χ2v) is 9.77. The van der Waals surface area contributed by atoms with E-state index in [1.54, 1.807) is 7.11 Å². The fourth-order valence-corrected chi connectivity index (χ4v) is 1.69. The van der Waals surface area contributed by atoms with Gasteiger partial charge in [0.05, 0.1) is 6.61 Å². The zero-order valence-electron chi connectivity index (χ0n) is 10.2. The number of hydrogen-bond donors (Lipinski definition) is 0. The topological polar surface area (TPSA) is 18.5 Å². The molecule has 1 atom stereocenters. The van der Waals surface area contributed by atoms with Gasteiger partial charge in [-0.15, -0.1) is 6.42 Å². The van der Waals surface area contributed by atoms with Crippen molar-refractivity contribution in [3.63, 3.8) is 0 Å². The van der Waals surface area contributed by atoms with Gasteiger partial charge in [-0.05, 0) is 18.1 Å². The monoisotopic (exact) mass is 214 g/mol. The molecule has 0 heterocycles. The van der Waals surface area contributed by atoms with Crippen LogP contribution < -0.4 is 0 Å². The molecule has 0 aliphatic rings. The van der Waals surface area contributed by atoms with Crippen molar-refractivity contribution in [2.24, 2.45) is 0 Å². The van der Waals surface area contributed by atoms with Crippen LogP contribution in [0.3, 0.4) is 0 Å². The molecule has 0 aromatic rings. The van der Waals surface area contributed by atoms with Crippen molar-refractivity contribution in [3.8, 4) is 12.3 Å². The largest absolute Gasteiger partial charge is 0.413 e. The van der Waals surface area contributed by atoms with Crippen LogP contribution in [0.1, 0.15) is 20.8 Å². The minimum atomic E-state index is -1.68. The summed E-state index contributed by atoms with van der Waals surface area (Å²) >= 11 is 0. The molecule has 0 aliphatic carbocycles. The van der Waals surface area contributed by atoms with Crippen molar-refractivity contribution in [1.82, 2.24) is 0 Å². The third-order valence-electron chi connectivity index (χ3n) is 2.87. The Morgan fingerprint density at radius 2 is 1.86 bits per heavy atom. The third kappa shape index (κ3) is 3.83. The number of hydrogen-bond acceptors (Lipinski definition) is 2. The number of rotatable bonds is 4. The fourth-order valence-electron chi connectivity index (χ4n) is 0.685. The van der Waals surface area contributed by atoms with E-state index in [1.165, 1.54) is 0 Å². The summed E-state index contributed by atoms with van der Waals surface area (Å²) in [6, 6.07) is 0. The molecule has 0 saturated carbocycles. The van der Waals surface area contributed by atoms with Crippen LogP contribution in [0.15, 0.2) is 0 Å². The molecule has 0 aromatic heterocycles. The highest BCUT2D eigenvalue weighted by Gasteiger charge is 2.37. The van der Waals surface area contributed by atoms with Crippen molar-refractivity contribution in [1.29, 1.82) is 0 Å². The van der Waals surface area contributed by atoms with E-state index >= 15 is 0 Å². The van der Waals surface area contributed by atoms with Crippen LogP contribution in [0.5, 0.6) is 0 Å². The summed E-state index contributed by atoms with van der Waals surface area (Å²) in [5.41, 5.74) is 0. The highest BCUT2D eigenvalue weighted by Crippen LogP contribution is 2.36. The molecule has 0 aromatic carbocycles. The Labute approximate surface area is 89.1 Å². The Bertz CT molecular complexity index is 210. The lowest BCUT2D eigenvalue weighted by atomic mass is 10.2.